The lowest BCUT2D eigenvalue weighted by molar-refractivity contribution is 0.0960. The quantitative estimate of drug-likeness (QED) is 0.245. The van der Waals surface area contributed by atoms with E-state index in [9.17, 15) is 0 Å². The summed E-state index contributed by atoms with van der Waals surface area (Å²) in [5, 5.41) is 0. The Bertz CT molecular complexity index is 550. The Labute approximate surface area is 184 Å². The summed E-state index contributed by atoms with van der Waals surface area (Å²) in [5.74, 6) is 0.720. The Morgan fingerprint density at radius 3 is 1.77 bits per heavy atom. The van der Waals surface area contributed by atoms with Crippen LogP contribution in [0.4, 0.5) is 0 Å². The Morgan fingerprint density at radius 2 is 1.23 bits per heavy atom. The molecular formula is C26H44N2O2. The van der Waals surface area contributed by atoms with Crippen LogP contribution in [0.15, 0.2) is 6.07 Å². The normalized spacial score (nSPS) is 16.8. The highest BCUT2D eigenvalue weighted by atomic mass is 16.5. The smallest absolute Gasteiger partial charge is 0.320 e. The fourth-order valence-corrected chi connectivity index (χ4v) is 4.13. The maximum atomic E-state index is 6.05. The van der Waals surface area contributed by atoms with E-state index in [2.05, 4.69) is 16.9 Å². The predicted octanol–water partition coefficient (Wildman–Crippen LogP) is 7.58. The maximum absolute atomic E-state index is 6.05. The maximum Gasteiger partial charge on any atom is 0.320 e. The lowest BCUT2D eigenvalue weighted by Crippen LogP contribution is -2.27. The van der Waals surface area contributed by atoms with Gasteiger partial charge in [0.1, 0.15) is 12.2 Å². The van der Waals surface area contributed by atoms with E-state index in [1.54, 1.807) is 0 Å². The summed E-state index contributed by atoms with van der Waals surface area (Å²) in [6.45, 7) is 2.29. The molecule has 0 atom stereocenters. The lowest BCUT2D eigenvalue weighted by Gasteiger charge is -2.27. The molecule has 2 fully saturated rings. The van der Waals surface area contributed by atoms with Crippen molar-refractivity contribution in [1.29, 1.82) is 0 Å². The van der Waals surface area contributed by atoms with Crippen LogP contribution in [-0.2, 0) is 6.42 Å². The monoisotopic (exact) mass is 416 g/mol. The molecule has 2 aliphatic rings. The molecule has 0 saturated heterocycles. The molecule has 0 aromatic carbocycles. The number of aryl methyl sites for hydroxylation is 1. The van der Waals surface area contributed by atoms with E-state index >= 15 is 0 Å². The number of hydrogen-bond donors (Lipinski definition) is 0. The number of ether oxygens (including phenoxy) is 2. The lowest BCUT2D eigenvalue weighted by atomic mass is 9.96. The van der Waals surface area contributed by atoms with Crippen LogP contribution in [0.3, 0.4) is 0 Å². The predicted molar refractivity (Wildman–Crippen MR) is 123 cm³/mol. The first-order chi connectivity index (χ1) is 14.8. The standard InChI is InChI=1S/C26H44N2O2/c1-2-3-4-5-6-7-8-9-10-11-12-13-16-22-21-25(29-23-17-14-18-23)28-26(27-22)30-24-19-15-20-24/h21,23-24H,2-20H2,1H3. The van der Waals surface area contributed by atoms with Crippen molar-refractivity contribution in [1.82, 2.24) is 9.97 Å². The molecule has 4 nitrogen and oxygen atoms in total. The van der Waals surface area contributed by atoms with Gasteiger partial charge >= 0.3 is 6.01 Å². The van der Waals surface area contributed by atoms with E-state index in [-0.39, 0.29) is 0 Å². The summed E-state index contributed by atoms with van der Waals surface area (Å²) in [5.41, 5.74) is 1.08. The van der Waals surface area contributed by atoms with Gasteiger partial charge in [-0.1, -0.05) is 77.6 Å². The van der Waals surface area contributed by atoms with Crippen LogP contribution in [0.5, 0.6) is 11.9 Å². The Morgan fingerprint density at radius 1 is 0.700 bits per heavy atom. The molecule has 0 aliphatic heterocycles. The summed E-state index contributed by atoms with van der Waals surface area (Å²) in [4.78, 5) is 9.21. The van der Waals surface area contributed by atoms with Gasteiger partial charge in [0, 0.05) is 6.07 Å². The minimum absolute atomic E-state index is 0.309. The highest BCUT2D eigenvalue weighted by Gasteiger charge is 2.23. The molecule has 0 N–H and O–H groups in total. The van der Waals surface area contributed by atoms with Crippen LogP contribution in [0.1, 0.15) is 128 Å². The number of unbranched alkanes of at least 4 members (excludes halogenated alkanes) is 11. The van der Waals surface area contributed by atoms with Gasteiger partial charge in [0.2, 0.25) is 5.88 Å². The van der Waals surface area contributed by atoms with Gasteiger partial charge in [-0.3, -0.25) is 0 Å². The molecule has 0 amide bonds. The van der Waals surface area contributed by atoms with Gasteiger partial charge in [-0.25, -0.2) is 4.98 Å². The molecule has 0 unspecified atom stereocenters. The highest BCUT2D eigenvalue weighted by molar-refractivity contribution is 5.19. The SMILES string of the molecule is CCCCCCCCCCCCCCc1cc(OC2CCC2)nc(OC2CCC2)n1. The molecule has 4 heteroatoms. The number of rotatable bonds is 17. The average Bonchev–Trinajstić information content (AvgIpc) is 2.68. The second-order valence-corrected chi connectivity index (χ2v) is 9.46. The zero-order chi connectivity index (χ0) is 20.9. The molecule has 30 heavy (non-hydrogen) atoms. The second kappa shape index (κ2) is 13.9. The molecule has 2 saturated carbocycles. The van der Waals surface area contributed by atoms with E-state index in [0.717, 1.165) is 43.7 Å². The molecule has 0 radical (unpaired) electrons. The zero-order valence-electron chi connectivity index (χ0n) is 19.4. The fraction of sp³-hybridized carbons (Fsp3) is 0.846. The molecule has 2 aliphatic carbocycles. The number of nitrogens with zero attached hydrogens (tertiary/aromatic N) is 2. The van der Waals surface area contributed by atoms with Crippen molar-refractivity contribution >= 4 is 0 Å². The number of hydrogen-bond acceptors (Lipinski definition) is 4. The summed E-state index contributed by atoms with van der Waals surface area (Å²) in [6.07, 6.45) is 25.3. The van der Waals surface area contributed by atoms with Crippen LogP contribution in [0.25, 0.3) is 0 Å². The second-order valence-electron chi connectivity index (χ2n) is 9.46. The first kappa shape index (κ1) is 23.3. The molecule has 1 heterocycles. The van der Waals surface area contributed by atoms with Gasteiger partial charge in [-0.2, -0.15) is 4.98 Å². The van der Waals surface area contributed by atoms with Gasteiger partial charge < -0.3 is 9.47 Å². The van der Waals surface area contributed by atoms with Gasteiger partial charge in [0.15, 0.2) is 0 Å². The molecule has 1 aromatic rings. The van der Waals surface area contributed by atoms with Crippen LogP contribution in [0, 0.1) is 0 Å². The Balaban J connectivity index is 1.29. The van der Waals surface area contributed by atoms with Crippen LogP contribution in [0.2, 0.25) is 0 Å². The third-order valence-corrected chi connectivity index (χ3v) is 6.69. The van der Waals surface area contributed by atoms with Crippen LogP contribution < -0.4 is 9.47 Å². The van der Waals surface area contributed by atoms with Crippen LogP contribution in [-0.4, -0.2) is 22.2 Å². The Kier molecular flexibility index (Phi) is 10.8. The molecule has 3 rings (SSSR count). The summed E-state index contributed by atoms with van der Waals surface area (Å²) >= 11 is 0. The van der Waals surface area contributed by atoms with E-state index < -0.39 is 0 Å². The van der Waals surface area contributed by atoms with Gasteiger partial charge in [0.25, 0.3) is 0 Å². The summed E-state index contributed by atoms with van der Waals surface area (Å²) < 4.78 is 12.0. The molecule has 170 valence electrons. The van der Waals surface area contributed by atoms with E-state index in [1.165, 1.54) is 89.9 Å². The van der Waals surface area contributed by atoms with Gasteiger partial charge in [-0.15, -0.1) is 0 Å². The first-order valence-electron chi connectivity index (χ1n) is 13.0. The van der Waals surface area contributed by atoms with E-state index in [4.69, 9.17) is 9.47 Å². The number of aromatic nitrogens is 2. The largest absolute Gasteiger partial charge is 0.474 e. The van der Waals surface area contributed by atoms with Crippen molar-refractivity contribution < 1.29 is 9.47 Å². The summed E-state index contributed by atoms with van der Waals surface area (Å²) in [6, 6.07) is 2.58. The highest BCUT2D eigenvalue weighted by Crippen LogP contribution is 2.28. The van der Waals surface area contributed by atoms with Gasteiger partial charge in [-0.05, 0) is 51.4 Å². The first-order valence-corrected chi connectivity index (χ1v) is 13.0. The molecule has 0 bridgehead atoms. The average molecular weight is 417 g/mol. The third kappa shape index (κ3) is 8.81. The molecule has 1 aromatic heterocycles. The minimum Gasteiger partial charge on any atom is -0.474 e. The third-order valence-electron chi connectivity index (χ3n) is 6.69. The fourth-order valence-electron chi connectivity index (χ4n) is 4.13. The van der Waals surface area contributed by atoms with E-state index in [0.29, 0.717) is 18.2 Å². The van der Waals surface area contributed by atoms with Crippen molar-refractivity contribution in [2.45, 2.75) is 141 Å². The Hall–Kier alpha value is -1.32. The van der Waals surface area contributed by atoms with Crippen molar-refractivity contribution in [2.24, 2.45) is 0 Å². The topological polar surface area (TPSA) is 44.2 Å². The van der Waals surface area contributed by atoms with Gasteiger partial charge in [0.05, 0.1) is 5.69 Å². The minimum atomic E-state index is 0.309. The van der Waals surface area contributed by atoms with Crippen molar-refractivity contribution in [3.05, 3.63) is 11.8 Å². The van der Waals surface area contributed by atoms with Crippen molar-refractivity contribution in [3.8, 4) is 11.9 Å². The zero-order valence-corrected chi connectivity index (χ0v) is 19.4. The molecular weight excluding hydrogens is 372 g/mol. The van der Waals surface area contributed by atoms with Crippen LogP contribution >= 0.6 is 0 Å². The van der Waals surface area contributed by atoms with Crippen molar-refractivity contribution in [3.63, 3.8) is 0 Å². The summed E-state index contributed by atoms with van der Waals surface area (Å²) in [7, 11) is 0. The van der Waals surface area contributed by atoms with E-state index in [1.807, 2.05) is 6.07 Å². The molecule has 0 spiro atoms. The van der Waals surface area contributed by atoms with Crippen molar-refractivity contribution in [2.75, 3.05) is 0 Å².